The fraction of sp³-hybridized carbons (Fsp3) is 0.565. The number of likely N-dealkylation sites (N-methyl/N-ethyl adjacent to an activating group) is 1. The van der Waals surface area contributed by atoms with Gasteiger partial charge in [0.2, 0.25) is 0 Å². The first-order valence-corrected chi connectivity index (χ1v) is 12.2. The Bertz CT molecular complexity index is 893. The van der Waals surface area contributed by atoms with Crippen LogP contribution < -0.4 is 0 Å². The second-order valence-corrected chi connectivity index (χ2v) is 9.52. The molecular weight excluding hydrogens is 474 g/mol. The number of hydrogen-bond acceptors (Lipinski definition) is 9. The molecule has 1 aromatic rings. The summed E-state index contributed by atoms with van der Waals surface area (Å²) in [6.07, 6.45) is 0.576. The number of hydrogen-bond donors (Lipinski definition) is 3. The van der Waals surface area contributed by atoms with Crippen LogP contribution in [0.25, 0.3) is 0 Å². The molecule has 1 heterocycles. The maximum Gasteiger partial charge on any atom is 0.317 e. The van der Waals surface area contributed by atoms with Crippen molar-refractivity contribution in [2.75, 3.05) is 72.5 Å². The summed E-state index contributed by atoms with van der Waals surface area (Å²) < 4.78 is 0. The number of thioether (sulfide) groups is 1. The molecule has 12 heteroatoms. The molecule has 1 aliphatic heterocycles. The van der Waals surface area contributed by atoms with Crippen LogP contribution in [0.15, 0.2) is 29.2 Å². The average Bonchev–Trinajstić information content (AvgIpc) is 2.77. The first-order valence-electron chi connectivity index (χ1n) is 11.3. The maximum absolute atomic E-state index is 11.7. The number of carboxylic acids is 3. The Hall–Kier alpha value is -2.69. The Morgan fingerprint density at radius 2 is 1.40 bits per heavy atom. The van der Waals surface area contributed by atoms with Gasteiger partial charge in [-0.3, -0.25) is 29.1 Å². The van der Waals surface area contributed by atoms with Crippen molar-refractivity contribution in [3.8, 4) is 5.40 Å². The molecule has 0 amide bonds. The zero-order valence-corrected chi connectivity index (χ0v) is 20.7. The van der Waals surface area contributed by atoms with Crippen molar-refractivity contribution in [2.24, 2.45) is 0 Å². The van der Waals surface area contributed by atoms with Gasteiger partial charge in [-0.15, -0.1) is 0 Å². The molecule has 1 atom stereocenters. The van der Waals surface area contributed by atoms with Crippen molar-refractivity contribution in [2.45, 2.75) is 17.4 Å². The molecule has 0 radical (unpaired) electrons. The van der Waals surface area contributed by atoms with Gasteiger partial charge in [-0.1, -0.05) is 12.1 Å². The van der Waals surface area contributed by atoms with Crippen molar-refractivity contribution in [3.05, 3.63) is 29.8 Å². The molecule has 192 valence electrons. The highest BCUT2D eigenvalue weighted by atomic mass is 32.2. The molecule has 1 aliphatic rings. The number of nitrogens with zero attached hydrogens (tertiary/aromatic N) is 5. The normalized spacial score (nSPS) is 19.8. The van der Waals surface area contributed by atoms with Crippen LogP contribution in [0, 0.1) is 10.7 Å². The van der Waals surface area contributed by atoms with Crippen LogP contribution in [0.1, 0.15) is 5.56 Å². The molecule has 3 N–H and O–H groups in total. The lowest BCUT2D eigenvalue weighted by atomic mass is 10.0. The van der Waals surface area contributed by atoms with Gasteiger partial charge in [0.1, 0.15) is 5.40 Å². The molecule has 0 unspecified atom stereocenters. The Labute approximate surface area is 209 Å². The SMILES string of the molecule is CN1CCN(CC(=O)O)CCN(CC(=O)O)CCN(CC(=O)O)[C@@H](Cc2ccc(SC#N)cc2)C1. The van der Waals surface area contributed by atoms with Crippen LogP contribution in [0.5, 0.6) is 0 Å². The fourth-order valence-corrected chi connectivity index (χ4v) is 4.51. The van der Waals surface area contributed by atoms with E-state index in [2.05, 4.69) is 4.90 Å². The second-order valence-electron chi connectivity index (χ2n) is 8.66. The zero-order chi connectivity index (χ0) is 25.8. The molecule has 1 fully saturated rings. The van der Waals surface area contributed by atoms with E-state index in [0.29, 0.717) is 52.2 Å². The van der Waals surface area contributed by atoms with Crippen LogP contribution in [0.4, 0.5) is 0 Å². The van der Waals surface area contributed by atoms with Crippen LogP contribution >= 0.6 is 11.8 Å². The molecule has 1 saturated heterocycles. The average molecular weight is 508 g/mol. The minimum Gasteiger partial charge on any atom is -0.480 e. The summed E-state index contributed by atoms with van der Waals surface area (Å²) in [6.45, 7) is 2.61. The largest absolute Gasteiger partial charge is 0.480 e. The summed E-state index contributed by atoms with van der Waals surface area (Å²) in [5.41, 5.74) is 1.00. The number of carbonyl (C=O) groups is 3. The van der Waals surface area contributed by atoms with E-state index in [1.165, 1.54) is 0 Å². The number of nitriles is 1. The summed E-state index contributed by atoms with van der Waals surface area (Å²) in [4.78, 5) is 42.7. The number of rotatable bonds is 9. The predicted octanol–water partition coefficient (Wildman–Crippen LogP) is 0.276. The molecule has 0 bridgehead atoms. The molecule has 2 rings (SSSR count). The molecule has 35 heavy (non-hydrogen) atoms. The monoisotopic (exact) mass is 507 g/mol. The van der Waals surface area contributed by atoms with Crippen molar-refractivity contribution in [1.29, 1.82) is 5.26 Å². The van der Waals surface area contributed by atoms with E-state index in [9.17, 15) is 29.7 Å². The van der Waals surface area contributed by atoms with E-state index in [0.717, 1.165) is 22.2 Å². The summed E-state index contributed by atoms with van der Waals surface area (Å²) in [7, 11) is 1.93. The van der Waals surface area contributed by atoms with Gasteiger partial charge in [-0.05, 0) is 42.9 Å². The minimum atomic E-state index is -0.988. The molecule has 1 aromatic carbocycles. The van der Waals surface area contributed by atoms with Crippen LogP contribution in [0.2, 0.25) is 0 Å². The van der Waals surface area contributed by atoms with Crippen molar-refractivity contribution in [1.82, 2.24) is 19.6 Å². The quantitative estimate of drug-likeness (QED) is 0.311. The van der Waals surface area contributed by atoms with Gasteiger partial charge in [0.05, 0.1) is 19.6 Å². The minimum absolute atomic E-state index is 0.129. The number of benzene rings is 1. The lowest BCUT2D eigenvalue weighted by Crippen LogP contribution is -2.52. The van der Waals surface area contributed by atoms with Gasteiger partial charge in [0.15, 0.2) is 0 Å². The van der Waals surface area contributed by atoms with E-state index in [1.807, 2.05) is 41.6 Å². The van der Waals surface area contributed by atoms with E-state index in [1.54, 1.807) is 9.80 Å². The third-order valence-electron chi connectivity index (χ3n) is 5.89. The highest BCUT2D eigenvalue weighted by Gasteiger charge is 2.25. The first kappa shape index (κ1) is 28.5. The standard InChI is InChI=1S/C23H33N5O6S/c1-25-6-7-26(14-21(29)30)8-9-27(15-22(31)32)10-11-28(16-23(33)34)19(13-25)12-18-2-4-20(5-3-18)35-17-24/h2-5,19H,6-16H2,1H3,(H,29,30)(H,31,32)(H,33,34)/t19-/m0/s1. The van der Waals surface area contributed by atoms with Crippen LogP contribution in [-0.4, -0.2) is 131 Å². The van der Waals surface area contributed by atoms with E-state index in [4.69, 9.17) is 5.26 Å². The number of aliphatic carboxylic acids is 3. The van der Waals surface area contributed by atoms with Crippen molar-refractivity contribution in [3.63, 3.8) is 0 Å². The number of thiocyanates is 1. The van der Waals surface area contributed by atoms with Gasteiger partial charge < -0.3 is 20.2 Å². The highest BCUT2D eigenvalue weighted by molar-refractivity contribution is 8.03. The van der Waals surface area contributed by atoms with Gasteiger partial charge in [0.25, 0.3) is 0 Å². The first-order chi connectivity index (χ1) is 16.7. The molecule has 0 spiro atoms. The Kier molecular flexibility index (Phi) is 11.9. The summed E-state index contributed by atoms with van der Waals surface area (Å²) in [6, 6.07) is 7.43. The third-order valence-corrected chi connectivity index (χ3v) is 6.49. The Morgan fingerprint density at radius 3 is 1.91 bits per heavy atom. The Balaban J connectivity index is 2.27. The topological polar surface area (TPSA) is 149 Å². The predicted molar refractivity (Wildman–Crippen MR) is 130 cm³/mol. The third kappa shape index (κ3) is 11.1. The fourth-order valence-electron chi connectivity index (χ4n) is 4.13. The smallest absolute Gasteiger partial charge is 0.317 e. The molecule has 0 aromatic heterocycles. The lowest BCUT2D eigenvalue weighted by Gasteiger charge is -2.37. The molecule has 0 saturated carbocycles. The van der Waals surface area contributed by atoms with Crippen LogP contribution in [0.3, 0.4) is 0 Å². The summed E-state index contributed by atoms with van der Waals surface area (Å²) >= 11 is 1.07. The van der Waals surface area contributed by atoms with E-state index >= 15 is 0 Å². The van der Waals surface area contributed by atoms with Gasteiger partial charge in [-0.2, -0.15) is 5.26 Å². The summed E-state index contributed by atoms with van der Waals surface area (Å²) in [5.74, 6) is -2.88. The second kappa shape index (κ2) is 14.7. The van der Waals surface area contributed by atoms with Crippen molar-refractivity contribution >= 4 is 29.7 Å². The molecule has 11 nitrogen and oxygen atoms in total. The van der Waals surface area contributed by atoms with E-state index in [-0.39, 0.29) is 25.7 Å². The molecule has 0 aliphatic carbocycles. The van der Waals surface area contributed by atoms with Crippen LogP contribution in [-0.2, 0) is 20.8 Å². The summed E-state index contributed by atoms with van der Waals surface area (Å²) in [5, 5.41) is 39.1. The van der Waals surface area contributed by atoms with Gasteiger partial charge in [-0.25, -0.2) is 0 Å². The zero-order valence-electron chi connectivity index (χ0n) is 19.9. The lowest BCUT2D eigenvalue weighted by molar-refractivity contribution is -0.141. The van der Waals surface area contributed by atoms with Gasteiger partial charge >= 0.3 is 17.9 Å². The van der Waals surface area contributed by atoms with Gasteiger partial charge in [0, 0.05) is 56.8 Å². The molecular formula is C23H33N5O6S. The van der Waals surface area contributed by atoms with Crippen molar-refractivity contribution < 1.29 is 29.7 Å². The van der Waals surface area contributed by atoms with E-state index < -0.39 is 17.9 Å². The Morgan fingerprint density at radius 1 is 0.886 bits per heavy atom. The maximum atomic E-state index is 11.7. The highest BCUT2D eigenvalue weighted by Crippen LogP contribution is 2.19. The number of carboxylic acid groups (broad SMARTS) is 3.